The van der Waals surface area contributed by atoms with E-state index in [1.54, 1.807) is 6.07 Å². The van der Waals surface area contributed by atoms with Gasteiger partial charge in [0.05, 0.1) is 5.60 Å². The van der Waals surface area contributed by atoms with Crippen LogP contribution >= 0.6 is 0 Å². The van der Waals surface area contributed by atoms with Gasteiger partial charge < -0.3 is 15.0 Å². The van der Waals surface area contributed by atoms with Crippen LogP contribution in [0.4, 0.5) is 4.39 Å². The molecule has 3 aromatic carbocycles. The van der Waals surface area contributed by atoms with Crippen molar-refractivity contribution in [2.75, 3.05) is 0 Å². The van der Waals surface area contributed by atoms with Crippen LogP contribution in [0.15, 0.2) is 60.7 Å². The maximum Gasteiger partial charge on any atom is 1.00 e. The summed E-state index contributed by atoms with van der Waals surface area (Å²) >= 11 is 0. The summed E-state index contributed by atoms with van der Waals surface area (Å²) in [5, 5.41) is 21.6. The van der Waals surface area contributed by atoms with Crippen LogP contribution < -0.4 is 34.7 Å². The summed E-state index contributed by atoms with van der Waals surface area (Å²) in [6, 6.07) is 17.8. The van der Waals surface area contributed by atoms with E-state index in [-0.39, 0.29) is 40.5 Å². The standard InChI is InChI=1S/C34H39FO3.Na/c1-5-34(6-2,28-12-11-25(23(3)19-28)15-18-33(38)16-7-8-17-33)29-13-14-30(24(4)20-29)26-9-10-27(22-32(36)37)31(35)21-26;/h9-15,18-21,38H,5-8,16-17,22H2,1-4H3,(H,36,37);/q;+1/p-1/b18-15+;. The fourth-order valence-electron chi connectivity index (χ4n) is 6.09. The van der Waals surface area contributed by atoms with E-state index in [2.05, 4.69) is 57.2 Å². The van der Waals surface area contributed by atoms with Gasteiger partial charge in [-0.1, -0.05) is 87.4 Å². The van der Waals surface area contributed by atoms with Crippen LogP contribution in [0.2, 0.25) is 0 Å². The van der Waals surface area contributed by atoms with Crippen LogP contribution in [-0.2, 0) is 16.6 Å². The van der Waals surface area contributed by atoms with Crippen molar-refractivity contribution in [3.63, 3.8) is 0 Å². The Balaban J connectivity index is 0.00000420. The van der Waals surface area contributed by atoms with E-state index in [4.69, 9.17) is 0 Å². The second-order valence-corrected chi connectivity index (χ2v) is 10.9. The molecular weight excluding hydrogens is 498 g/mol. The average molecular weight is 537 g/mol. The van der Waals surface area contributed by atoms with Gasteiger partial charge in [0.2, 0.25) is 0 Å². The van der Waals surface area contributed by atoms with Gasteiger partial charge >= 0.3 is 29.6 Å². The number of halogens is 1. The Morgan fingerprint density at radius 3 is 2.13 bits per heavy atom. The quantitative estimate of drug-likeness (QED) is 0.423. The maximum absolute atomic E-state index is 14.6. The van der Waals surface area contributed by atoms with Crippen molar-refractivity contribution in [1.29, 1.82) is 0 Å². The van der Waals surface area contributed by atoms with E-state index in [1.807, 2.05) is 19.1 Å². The Kier molecular flexibility index (Phi) is 10.4. The summed E-state index contributed by atoms with van der Waals surface area (Å²) in [6.07, 6.45) is 9.30. The summed E-state index contributed by atoms with van der Waals surface area (Å²) in [6.45, 7) is 8.60. The number of hydrogen-bond donors (Lipinski definition) is 1. The number of aryl methyl sites for hydroxylation is 2. The molecule has 0 aliphatic heterocycles. The number of aliphatic carboxylic acids is 1. The fourth-order valence-corrected chi connectivity index (χ4v) is 6.09. The van der Waals surface area contributed by atoms with Crippen molar-refractivity contribution in [3.05, 3.63) is 99.9 Å². The normalized spacial score (nSPS) is 14.9. The molecule has 1 N–H and O–H groups in total. The van der Waals surface area contributed by atoms with Gasteiger partial charge in [-0.25, -0.2) is 4.39 Å². The van der Waals surface area contributed by atoms with E-state index >= 15 is 0 Å². The minimum atomic E-state index is -1.29. The smallest absolute Gasteiger partial charge is 0.550 e. The monoisotopic (exact) mass is 536 g/mol. The number of carboxylic acid groups (broad SMARTS) is 1. The Hall–Kier alpha value is -2.24. The molecule has 0 aromatic heterocycles. The molecule has 0 saturated heterocycles. The van der Waals surface area contributed by atoms with Crippen LogP contribution in [0.5, 0.6) is 0 Å². The van der Waals surface area contributed by atoms with Crippen LogP contribution in [-0.4, -0.2) is 16.7 Å². The number of carboxylic acids is 1. The van der Waals surface area contributed by atoms with Crippen molar-refractivity contribution in [2.45, 2.75) is 83.7 Å². The van der Waals surface area contributed by atoms with Gasteiger partial charge in [-0.05, 0) is 90.1 Å². The molecule has 0 radical (unpaired) electrons. The molecule has 3 aromatic rings. The third-order valence-electron chi connectivity index (χ3n) is 8.55. The maximum atomic E-state index is 14.6. The summed E-state index contributed by atoms with van der Waals surface area (Å²) in [7, 11) is 0. The predicted octanol–water partition coefficient (Wildman–Crippen LogP) is 3.83. The molecular formula is C34H38FNaO3. The minimum Gasteiger partial charge on any atom is -0.550 e. The van der Waals surface area contributed by atoms with Crippen LogP contribution in [0.25, 0.3) is 17.2 Å². The number of rotatable bonds is 9. The molecule has 39 heavy (non-hydrogen) atoms. The predicted molar refractivity (Wildman–Crippen MR) is 150 cm³/mol. The molecule has 3 nitrogen and oxygen atoms in total. The topological polar surface area (TPSA) is 60.4 Å². The van der Waals surface area contributed by atoms with E-state index < -0.39 is 23.8 Å². The Bertz CT molecular complexity index is 1350. The first-order chi connectivity index (χ1) is 18.1. The average Bonchev–Trinajstić information content (AvgIpc) is 3.32. The molecule has 200 valence electrons. The van der Waals surface area contributed by atoms with E-state index in [0.717, 1.165) is 60.8 Å². The summed E-state index contributed by atoms with van der Waals surface area (Å²) < 4.78 is 14.6. The third-order valence-corrected chi connectivity index (χ3v) is 8.55. The SMILES string of the molecule is CCC(CC)(c1ccc(/C=C/C2(O)CCCC2)c(C)c1)c1ccc(-c2ccc(CC(=O)[O-])c(F)c2)c(C)c1.[Na+]. The summed E-state index contributed by atoms with van der Waals surface area (Å²) in [5.74, 6) is -1.82. The van der Waals surface area contributed by atoms with Crippen LogP contribution in [0.1, 0.15) is 85.8 Å². The first-order valence-electron chi connectivity index (χ1n) is 13.7. The second kappa shape index (κ2) is 13.0. The van der Waals surface area contributed by atoms with Crippen molar-refractivity contribution in [1.82, 2.24) is 0 Å². The Morgan fingerprint density at radius 2 is 1.59 bits per heavy atom. The zero-order valence-corrected chi connectivity index (χ0v) is 25.9. The zero-order valence-electron chi connectivity index (χ0n) is 23.9. The number of hydrogen-bond acceptors (Lipinski definition) is 3. The molecule has 0 heterocycles. The molecule has 0 unspecified atom stereocenters. The van der Waals surface area contributed by atoms with Crippen LogP contribution in [0.3, 0.4) is 0 Å². The molecule has 5 heteroatoms. The van der Waals surface area contributed by atoms with Crippen molar-refractivity contribution in [3.8, 4) is 11.1 Å². The van der Waals surface area contributed by atoms with Gasteiger partial charge in [-0.3, -0.25) is 0 Å². The van der Waals surface area contributed by atoms with Gasteiger partial charge in [0, 0.05) is 17.8 Å². The summed E-state index contributed by atoms with van der Waals surface area (Å²) in [4.78, 5) is 10.9. The molecule has 0 bridgehead atoms. The van der Waals surface area contributed by atoms with Gasteiger partial charge in [0.1, 0.15) is 5.82 Å². The minimum absolute atomic E-state index is 0. The first kappa shape index (κ1) is 31.3. The van der Waals surface area contributed by atoms with E-state index in [1.165, 1.54) is 28.8 Å². The van der Waals surface area contributed by atoms with Gasteiger partial charge in [0.25, 0.3) is 0 Å². The first-order valence-corrected chi connectivity index (χ1v) is 13.7. The molecule has 1 aliphatic rings. The van der Waals surface area contributed by atoms with E-state index in [9.17, 15) is 19.4 Å². The molecule has 1 fully saturated rings. The Labute approximate surface area is 254 Å². The number of benzene rings is 3. The molecule has 1 saturated carbocycles. The number of carbonyl (C=O) groups excluding carboxylic acids is 1. The second-order valence-electron chi connectivity index (χ2n) is 10.9. The summed E-state index contributed by atoms with van der Waals surface area (Å²) in [5.41, 5.74) is 6.80. The zero-order chi connectivity index (χ0) is 27.5. The van der Waals surface area contributed by atoms with Gasteiger partial charge in [-0.2, -0.15) is 0 Å². The Morgan fingerprint density at radius 1 is 0.974 bits per heavy atom. The fraction of sp³-hybridized carbons (Fsp3) is 0.382. The molecule has 0 amide bonds. The molecule has 1 aliphatic carbocycles. The van der Waals surface area contributed by atoms with Crippen LogP contribution in [0, 0.1) is 19.7 Å². The molecule has 0 spiro atoms. The van der Waals surface area contributed by atoms with Crippen molar-refractivity contribution in [2.24, 2.45) is 0 Å². The molecule has 0 atom stereocenters. The largest absolute Gasteiger partial charge is 1.00 e. The third kappa shape index (κ3) is 6.74. The van der Waals surface area contributed by atoms with Crippen molar-refractivity contribution < 1.29 is 49.0 Å². The van der Waals surface area contributed by atoms with Gasteiger partial charge in [-0.15, -0.1) is 0 Å². The van der Waals surface area contributed by atoms with Crippen molar-refractivity contribution >= 4 is 12.0 Å². The molecule has 4 rings (SSSR count). The van der Waals surface area contributed by atoms with Gasteiger partial charge in [0.15, 0.2) is 0 Å². The van der Waals surface area contributed by atoms with E-state index in [0.29, 0.717) is 0 Å². The number of aliphatic hydroxyl groups is 1. The number of carbonyl (C=O) groups is 1.